The van der Waals surface area contributed by atoms with E-state index in [9.17, 15) is 33.9 Å². The quantitative estimate of drug-likeness (QED) is 0.0290. The van der Waals surface area contributed by atoms with Crippen LogP contribution in [0, 0.1) is 11.3 Å². The van der Waals surface area contributed by atoms with Crippen LogP contribution in [0.3, 0.4) is 0 Å². The summed E-state index contributed by atoms with van der Waals surface area (Å²) in [5.41, 5.74) is 22.9. The minimum atomic E-state index is -1.17. The summed E-state index contributed by atoms with van der Waals surface area (Å²) in [4.78, 5) is 90.1. The molecule has 1 fully saturated rings. The predicted octanol–water partition coefficient (Wildman–Crippen LogP) is 0.0926. The van der Waals surface area contributed by atoms with Gasteiger partial charge in [0.25, 0.3) is 5.91 Å². The van der Waals surface area contributed by atoms with E-state index in [2.05, 4.69) is 42.1 Å². The molecule has 1 aliphatic heterocycles. The maximum absolute atomic E-state index is 14.2. The van der Waals surface area contributed by atoms with Gasteiger partial charge in [0, 0.05) is 36.6 Å². The molecule has 1 aliphatic rings. The first-order valence-corrected chi connectivity index (χ1v) is 20.8. The lowest BCUT2D eigenvalue weighted by atomic mass is 9.86. The Morgan fingerprint density at radius 2 is 1.62 bits per heavy atom. The summed E-state index contributed by atoms with van der Waals surface area (Å²) in [5.74, 6) is -3.83. The third-order valence-corrected chi connectivity index (χ3v) is 10.5. The second kappa shape index (κ2) is 23.5. The van der Waals surface area contributed by atoms with E-state index in [0.717, 1.165) is 16.5 Å². The first kappa shape index (κ1) is 49.1. The van der Waals surface area contributed by atoms with Crippen LogP contribution in [0.15, 0.2) is 35.5 Å². The van der Waals surface area contributed by atoms with E-state index in [1.807, 2.05) is 38.1 Å². The number of hydrogen-bond donors (Lipinski definition) is 11. The van der Waals surface area contributed by atoms with E-state index in [1.165, 1.54) is 4.90 Å². The molecule has 0 aliphatic carbocycles. The van der Waals surface area contributed by atoms with Crippen molar-refractivity contribution in [2.75, 3.05) is 26.7 Å². The van der Waals surface area contributed by atoms with Gasteiger partial charge in [-0.3, -0.25) is 34.4 Å². The number of H-pyrrole nitrogens is 1. The molecule has 60 heavy (non-hydrogen) atoms. The molecule has 6 atom stereocenters. The number of amides is 5. The lowest BCUT2D eigenvalue weighted by Crippen LogP contribution is -2.62. The molecule has 2 aromatic rings. The molecule has 5 amide bonds. The highest BCUT2D eigenvalue weighted by Gasteiger charge is 2.40. The lowest BCUT2D eigenvalue weighted by molar-refractivity contribution is -0.143. The molecule has 0 radical (unpaired) electrons. The fraction of sp³-hybridized carbons (Fsp3) is 0.634. The van der Waals surface area contributed by atoms with Crippen LogP contribution in [0.25, 0.3) is 10.9 Å². The number of carbonyl (C=O) groups excluding carboxylic acids is 5. The second-order valence-electron chi connectivity index (χ2n) is 16.9. The van der Waals surface area contributed by atoms with Crippen molar-refractivity contribution in [2.24, 2.45) is 33.5 Å². The van der Waals surface area contributed by atoms with Crippen LogP contribution in [0.5, 0.6) is 0 Å². The van der Waals surface area contributed by atoms with E-state index in [4.69, 9.17) is 17.2 Å². The number of guanidine groups is 1. The van der Waals surface area contributed by atoms with Gasteiger partial charge in [0.15, 0.2) is 5.96 Å². The molecule has 0 unspecified atom stereocenters. The summed E-state index contributed by atoms with van der Waals surface area (Å²) >= 11 is 0. The first-order chi connectivity index (χ1) is 28.4. The highest BCUT2D eigenvalue weighted by Crippen LogP contribution is 2.23. The minimum absolute atomic E-state index is 0.00253. The normalized spacial score (nSPS) is 16.7. The predicted molar refractivity (Wildman–Crippen MR) is 230 cm³/mol. The van der Waals surface area contributed by atoms with Gasteiger partial charge >= 0.3 is 5.97 Å². The van der Waals surface area contributed by atoms with Crippen molar-refractivity contribution in [3.8, 4) is 0 Å². The van der Waals surface area contributed by atoms with Gasteiger partial charge in [-0.25, -0.2) is 10.2 Å². The number of fused-ring (bicyclic) bond motifs is 1. The number of aliphatic imine (C=N–C) groups is 1. The third kappa shape index (κ3) is 14.8. The van der Waals surface area contributed by atoms with Crippen LogP contribution in [-0.2, 0) is 35.2 Å². The summed E-state index contributed by atoms with van der Waals surface area (Å²) in [6.07, 6.45) is 5.33. The molecule has 19 heteroatoms. The zero-order valence-corrected chi connectivity index (χ0v) is 35.9. The Hall–Kier alpha value is -5.27. The molecule has 2 heterocycles. The van der Waals surface area contributed by atoms with Crippen LogP contribution in [-0.4, -0.2) is 119 Å². The van der Waals surface area contributed by atoms with Gasteiger partial charge in [0.1, 0.15) is 30.2 Å². The van der Waals surface area contributed by atoms with E-state index < -0.39 is 71.3 Å². The van der Waals surface area contributed by atoms with Gasteiger partial charge in [-0.1, -0.05) is 46.8 Å². The molecule has 0 spiro atoms. The zero-order chi connectivity index (χ0) is 44.6. The van der Waals surface area contributed by atoms with Gasteiger partial charge in [0.2, 0.25) is 23.6 Å². The van der Waals surface area contributed by atoms with Crippen molar-refractivity contribution in [3.05, 3.63) is 36.0 Å². The number of nitrogens with one attached hydrogen (secondary N) is 7. The number of hydrogen-bond acceptors (Lipinski definition) is 10. The number of unbranched alkanes of at least 4 members (excludes halogenated alkanes) is 1. The van der Waals surface area contributed by atoms with Gasteiger partial charge < -0.3 is 53.5 Å². The minimum Gasteiger partial charge on any atom is -0.480 e. The summed E-state index contributed by atoms with van der Waals surface area (Å²) in [6.45, 7) is 10.0. The van der Waals surface area contributed by atoms with Crippen molar-refractivity contribution in [2.45, 2.75) is 129 Å². The Morgan fingerprint density at radius 1 is 0.917 bits per heavy atom. The fourth-order valence-corrected chi connectivity index (χ4v) is 7.32. The Morgan fingerprint density at radius 3 is 2.25 bits per heavy atom. The largest absolute Gasteiger partial charge is 0.480 e. The molecule has 1 saturated heterocycles. The number of carboxylic acid groups (broad SMARTS) is 1. The van der Waals surface area contributed by atoms with Crippen LogP contribution in [0.4, 0.5) is 0 Å². The van der Waals surface area contributed by atoms with Crippen LogP contribution < -0.4 is 49.3 Å². The average Bonchev–Trinajstić information content (AvgIpc) is 3.87. The molecule has 0 saturated carbocycles. The van der Waals surface area contributed by atoms with E-state index >= 15 is 0 Å². The van der Waals surface area contributed by atoms with E-state index in [-0.39, 0.29) is 37.2 Å². The number of carbonyl (C=O) groups is 6. The Bertz CT molecular complexity index is 1790. The van der Waals surface area contributed by atoms with Crippen LogP contribution in [0.2, 0.25) is 0 Å². The number of aliphatic carboxylic acids is 1. The summed E-state index contributed by atoms with van der Waals surface area (Å²) < 4.78 is 0. The Kier molecular flexibility index (Phi) is 19.2. The number of aromatic nitrogens is 1. The smallest absolute Gasteiger partial charge is 0.326 e. The molecular weight excluding hydrogens is 773 g/mol. The summed E-state index contributed by atoms with van der Waals surface area (Å²) in [5, 5.41) is 22.0. The van der Waals surface area contributed by atoms with Crippen molar-refractivity contribution in [3.63, 3.8) is 0 Å². The number of benzene rings is 1. The van der Waals surface area contributed by atoms with Crippen molar-refractivity contribution >= 4 is 52.4 Å². The SMILES string of the molecule is CN[C@@H](CCCN=C(N)N)C(=O)N[C@@H](CCCCN)C(=O)N1CCC[C@H]1C(=O)N[C@@H](Cc1cccc2[nH]ccc12)C(=O)NN[C@H](C(=O)N[C@@H](CC(C)C)C(=O)O)C(C)(C)C. The number of nitrogens with two attached hydrogens (primary N) is 3. The van der Waals surface area contributed by atoms with Crippen molar-refractivity contribution < 1.29 is 33.9 Å². The topological polar surface area (TPSA) is 304 Å². The van der Waals surface area contributed by atoms with Crippen LogP contribution in [0.1, 0.15) is 91.5 Å². The van der Waals surface area contributed by atoms with Gasteiger partial charge in [-0.2, -0.15) is 0 Å². The number of nitrogens with zero attached hydrogens (tertiary/aromatic N) is 2. The van der Waals surface area contributed by atoms with Gasteiger partial charge in [-0.05, 0) is 94.0 Å². The Balaban J connectivity index is 1.85. The average molecular weight is 841 g/mol. The zero-order valence-electron chi connectivity index (χ0n) is 35.9. The molecule has 3 rings (SSSR count). The molecule has 1 aromatic heterocycles. The lowest BCUT2D eigenvalue weighted by Gasteiger charge is -2.33. The molecule has 14 N–H and O–H groups in total. The number of likely N-dealkylation sites (tertiary alicyclic amines) is 1. The first-order valence-electron chi connectivity index (χ1n) is 20.8. The molecular formula is C41H68N12O7. The molecule has 19 nitrogen and oxygen atoms in total. The monoisotopic (exact) mass is 841 g/mol. The molecule has 334 valence electrons. The van der Waals surface area contributed by atoms with E-state index in [0.29, 0.717) is 58.0 Å². The number of carboxylic acids is 1. The third-order valence-electron chi connectivity index (χ3n) is 10.5. The fourth-order valence-electron chi connectivity index (χ4n) is 7.32. The summed E-state index contributed by atoms with van der Waals surface area (Å²) in [7, 11) is 1.65. The van der Waals surface area contributed by atoms with Crippen molar-refractivity contribution in [1.82, 2.24) is 42.0 Å². The summed E-state index contributed by atoms with van der Waals surface area (Å²) in [6, 6.07) is 1.59. The number of rotatable bonds is 24. The second-order valence-corrected chi connectivity index (χ2v) is 16.9. The standard InChI is InChI=1S/C41H68N12O7/c1-24(2)22-31(39(59)60)50-37(57)33(41(3,4)5)51-52-35(55)30(23-25-12-9-14-27-26(25)17-20-46-27)49-36(56)32-16-11-21-53(32)38(58)29(13-7-8-18-42)48-34(54)28(45-6)15-10-19-47-40(43)44/h9,12,14,17,20,24,28-33,45-46,51H,7-8,10-11,13,15-16,18-19,21-23,42H2,1-6H3,(H,48,54)(H,49,56)(H,50,57)(H,52,55)(H,59,60)(H4,43,44,47)/t28-,29-,30-,31-,32-,33+/m0/s1. The highest BCUT2D eigenvalue weighted by molar-refractivity contribution is 5.96. The Labute approximate surface area is 352 Å². The maximum Gasteiger partial charge on any atom is 0.326 e. The number of hydrazine groups is 1. The molecule has 0 bridgehead atoms. The number of likely N-dealkylation sites (N-methyl/N-ethyl adjacent to an activating group) is 1. The highest BCUT2D eigenvalue weighted by atomic mass is 16.4. The van der Waals surface area contributed by atoms with Gasteiger partial charge in [0.05, 0.1) is 6.04 Å². The maximum atomic E-state index is 14.2. The van der Waals surface area contributed by atoms with E-state index in [1.54, 1.807) is 34.0 Å². The molecule has 1 aromatic carbocycles. The van der Waals surface area contributed by atoms with Gasteiger partial charge in [-0.15, -0.1) is 0 Å². The van der Waals surface area contributed by atoms with Crippen molar-refractivity contribution in [1.29, 1.82) is 0 Å². The van der Waals surface area contributed by atoms with Crippen LogP contribution >= 0.6 is 0 Å². The number of aromatic amines is 1.